The molecule has 1 heterocycles. The summed E-state index contributed by atoms with van der Waals surface area (Å²) in [5.41, 5.74) is 0.623. The SMILES string of the molecule is CCOc1ccc(C(=O)N2CCN(C)CC2)cc1Cl. The number of carbonyl (C=O) groups is 1. The van der Waals surface area contributed by atoms with Crippen molar-refractivity contribution < 1.29 is 9.53 Å². The molecule has 1 aromatic rings. The van der Waals surface area contributed by atoms with Gasteiger partial charge in [-0.2, -0.15) is 0 Å². The minimum absolute atomic E-state index is 0.0399. The van der Waals surface area contributed by atoms with Crippen molar-refractivity contribution in [1.82, 2.24) is 9.80 Å². The van der Waals surface area contributed by atoms with Gasteiger partial charge in [0.15, 0.2) is 0 Å². The number of piperazine rings is 1. The largest absolute Gasteiger partial charge is 0.492 e. The van der Waals surface area contributed by atoms with Gasteiger partial charge in [-0.15, -0.1) is 0 Å². The van der Waals surface area contributed by atoms with E-state index in [0.29, 0.717) is 22.9 Å². The normalized spacial score (nSPS) is 16.5. The standard InChI is InChI=1S/C14H19ClN2O2/c1-3-19-13-5-4-11(10-12(13)15)14(18)17-8-6-16(2)7-9-17/h4-5,10H,3,6-9H2,1-2H3. The van der Waals surface area contributed by atoms with Crippen molar-refractivity contribution in [2.24, 2.45) is 0 Å². The predicted octanol–water partition coefficient (Wildman–Crippen LogP) is 2.13. The zero-order valence-corrected chi connectivity index (χ0v) is 12.1. The van der Waals surface area contributed by atoms with E-state index in [1.807, 2.05) is 11.8 Å². The lowest BCUT2D eigenvalue weighted by atomic mass is 10.1. The predicted molar refractivity (Wildman–Crippen MR) is 76.0 cm³/mol. The highest BCUT2D eigenvalue weighted by atomic mass is 35.5. The molecule has 0 atom stereocenters. The Hall–Kier alpha value is -1.26. The monoisotopic (exact) mass is 282 g/mol. The van der Waals surface area contributed by atoms with Crippen LogP contribution < -0.4 is 4.74 Å². The van der Waals surface area contributed by atoms with Crippen LogP contribution in [-0.4, -0.2) is 55.5 Å². The highest BCUT2D eigenvalue weighted by molar-refractivity contribution is 6.32. The van der Waals surface area contributed by atoms with E-state index in [1.54, 1.807) is 18.2 Å². The second-order valence-electron chi connectivity index (χ2n) is 4.67. The fourth-order valence-electron chi connectivity index (χ4n) is 2.10. The maximum atomic E-state index is 12.3. The Morgan fingerprint density at radius 3 is 2.58 bits per heavy atom. The van der Waals surface area contributed by atoms with Gasteiger partial charge in [-0.1, -0.05) is 11.6 Å². The van der Waals surface area contributed by atoms with Crippen LogP contribution in [0.1, 0.15) is 17.3 Å². The van der Waals surface area contributed by atoms with Crippen LogP contribution in [-0.2, 0) is 0 Å². The smallest absolute Gasteiger partial charge is 0.253 e. The van der Waals surface area contributed by atoms with E-state index >= 15 is 0 Å². The number of ether oxygens (including phenoxy) is 1. The maximum Gasteiger partial charge on any atom is 0.253 e. The topological polar surface area (TPSA) is 32.8 Å². The number of amides is 1. The molecule has 0 unspecified atom stereocenters. The van der Waals surface area contributed by atoms with Crippen LogP contribution in [0.15, 0.2) is 18.2 Å². The molecule has 0 bridgehead atoms. The van der Waals surface area contributed by atoms with Crippen LogP contribution in [0, 0.1) is 0 Å². The number of likely N-dealkylation sites (N-methyl/N-ethyl adjacent to an activating group) is 1. The summed E-state index contributed by atoms with van der Waals surface area (Å²) >= 11 is 6.11. The Morgan fingerprint density at radius 1 is 1.32 bits per heavy atom. The van der Waals surface area contributed by atoms with Crippen molar-refractivity contribution >= 4 is 17.5 Å². The van der Waals surface area contributed by atoms with Gasteiger partial charge in [0.05, 0.1) is 11.6 Å². The van der Waals surface area contributed by atoms with E-state index in [-0.39, 0.29) is 5.91 Å². The summed E-state index contributed by atoms with van der Waals surface area (Å²) in [6.07, 6.45) is 0. The molecule has 104 valence electrons. The first-order chi connectivity index (χ1) is 9.11. The van der Waals surface area contributed by atoms with E-state index < -0.39 is 0 Å². The molecule has 4 nitrogen and oxygen atoms in total. The van der Waals surface area contributed by atoms with Crippen molar-refractivity contribution in [3.05, 3.63) is 28.8 Å². The van der Waals surface area contributed by atoms with Crippen LogP contribution in [0.25, 0.3) is 0 Å². The molecule has 0 aliphatic carbocycles. The molecule has 2 rings (SSSR count). The number of halogens is 1. The average Bonchev–Trinajstić information content (AvgIpc) is 2.41. The zero-order valence-electron chi connectivity index (χ0n) is 11.4. The molecule has 0 aromatic heterocycles. The lowest BCUT2D eigenvalue weighted by Crippen LogP contribution is -2.47. The molecule has 1 saturated heterocycles. The van der Waals surface area contributed by atoms with E-state index in [2.05, 4.69) is 11.9 Å². The highest BCUT2D eigenvalue weighted by Gasteiger charge is 2.20. The van der Waals surface area contributed by atoms with E-state index in [1.165, 1.54) is 0 Å². The maximum absolute atomic E-state index is 12.3. The second kappa shape index (κ2) is 6.26. The van der Waals surface area contributed by atoms with Crippen LogP contribution >= 0.6 is 11.6 Å². The number of hydrogen-bond acceptors (Lipinski definition) is 3. The minimum atomic E-state index is 0.0399. The molecule has 0 saturated carbocycles. The molecular weight excluding hydrogens is 264 g/mol. The Labute approximate surface area is 118 Å². The lowest BCUT2D eigenvalue weighted by Gasteiger charge is -2.32. The van der Waals surface area contributed by atoms with Gasteiger partial charge in [-0.25, -0.2) is 0 Å². The first kappa shape index (κ1) is 14.2. The highest BCUT2D eigenvalue weighted by Crippen LogP contribution is 2.26. The van der Waals surface area contributed by atoms with Crippen molar-refractivity contribution in [3.8, 4) is 5.75 Å². The Bertz CT molecular complexity index is 457. The Balaban J connectivity index is 2.09. The molecule has 1 amide bonds. The van der Waals surface area contributed by atoms with Crippen LogP contribution in [0.3, 0.4) is 0 Å². The third-order valence-electron chi connectivity index (χ3n) is 3.27. The summed E-state index contributed by atoms with van der Waals surface area (Å²) in [6, 6.07) is 5.22. The number of hydrogen-bond donors (Lipinski definition) is 0. The third kappa shape index (κ3) is 3.39. The van der Waals surface area contributed by atoms with E-state index in [9.17, 15) is 4.79 Å². The Kier molecular flexibility index (Phi) is 4.66. The van der Waals surface area contributed by atoms with Crippen molar-refractivity contribution in [1.29, 1.82) is 0 Å². The first-order valence-corrected chi connectivity index (χ1v) is 6.89. The first-order valence-electron chi connectivity index (χ1n) is 6.52. The summed E-state index contributed by atoms with van der Waals surface area (Å²) in [6.45, 7) is 5.82. The quantitative estimate of drug-likeness (QED) is 0.851. The third-order valence-corrected chi connectivity index (χ3v) is 3.56. The fourth-order valence-corrected chi connectivity index (χ4v) is 2.33. The van der Waals surface area contributed by atoms with Crippen LogP contribution in [0.4, 0.5) is 0 Å². The summed E-state index contributed by atoms with van der Waals surface area (Å²) in [5.74, 6) is 0.664. The van der Waals surface area contributed by atoms with E-state index in [4.69, 9.17) is 16.3 Å². The van der Waals surface area contributed by atoms with Crippen LogP contribution in [0.5, 0.6) is 5.75 Å². The molecular formula is C14H19ClN2O2. The van der Waals surface area contributed by atoms with Gasteiger partial charge in [0.1, 0.15) is 5.75 Å². The van der Waals surface area contributed by atoms with Gasteiger partial charge >= 0.3 is 0 Å². The fraction of sp³-hybridized carbons (Fsp3) is 0.500. The summed E-state index contributed by atoms with van der Waals surface area (Å²) < 4.78 is 5.37. The summed E-state index contributed by atoms with van der Waals surface area (Å²) in [5, 5.41) is 0.488. The molecule has 5 heteroatoms. The van der Waals surface area contributed by atoms with Crippen molar-refractivity contribution in [2.75, 3.05) is 39.8 Å². The number of rotatable bonds is 3. The lowest BCUT2D eigenvalue weighted by molar-refractivity contribution is 0.0664. The van der Waals surface area contributed by atoms with Gasteiger partial charge in [0.2, 0.25) is 0 Å². The number of benzene rings is 1. The molecule has 1 fully saturated rings. The molecule has 19 heavy (non-hydrogen) atoms. The summed E-state index contributed by atoms with van der Waals surface area (Å²) in [4.78, 5) is 16.4. The molecule has 0 N–H and O–H groups in total. The van der Waals surface area contributed by atoms with Gasteiger partial charge in [-0.3, -0.25) is 4.79 Å². The molecule has 1 aromatic carbocycles. The van der Waals surface area contributed by atoms with Crippen molar-refractivity contribution in [2.45, 2.75) is 6.92 Å². The number of nitrogens with zero attached hydrogens (tertiary/aromatic N) is 2. The molecule has 0 radical (unpaired) electrons. The molecule has 1 aliphatic rings. The van der Waals surface area contributed by atoms with Gasteiger partial charge in [0, 0.05) is 31.7 Å². The van der Waals surface area contributed by atoms with Gasteiger partial charge in [-0.05, 0) is 32.2 Å². The van der Waals surface area contributed by atoms with Crippen LogP contribution in [0.2, 0.25) is 5.02 Å². The average molecular weight is 283 g/mol. The van der Waals surface area contributed by atoms with Gasteiger partial charge < -0.3 is 14.5 Å². The Morgan fingerprint density at radius 2 is 2.00 bits per heavy atom. The zero-order chi connectivity index (χ0) is 13.8. The second-order valence-corrected chi connectivity index (χ2v) is 5.08. The van der Waals surface area contributed by atoms with E-state index in [0.717, 1.165) is 26.2 Å². The molecule has 1 aliphatic heterocycles. The minimum Gasteiger partial charge on any atom is -0.492 e. The number of carbonyl (C=O) groups excluding carboxylic acids is 1. The van der Waals surface area contributed by atoms with Gasteiger partial charge in [0.25, 0.3) is 5.91 Å². The molecule has 0 spiro atoms. The summed E-state index contributed by atoms with van der Waals surface area (Å²) in [7, 11) is 2.07. The van der Waals surface area contributed by atoms with Crippen molar-refractivity contribution in [3.63, 3.8) is 0 Å².